The highest BCUT2D eigenvalue weighted by Crippen LogP contribution is 2.51. The Kier molecular flexibility index (Phi) is 5.84. The van der Waals surface area contributed by atoms with Crippen LogP contribution in [0.5, 0.6) is 0 Å². The van der Waals surface area contributed by atoms with E-state index < -0.39 is 0 Å². The van der Waals surface area contributed by atoms with Gasteiger partial charge in [0.05, 0.1) is 0 Å². The molecule has 0 saturated heterocycles. The van der Waals surface area contributed by atoms with Gasteiger partial charge in [-0.1, -0.05) is 164 Å². The quantitative estimate of drug-likeness (QED) is 0.132. The molecule has 12 aromatic rings. The van der Waals surface area contributed by atoms with Gasteiger partial charge in [0, 0.05) is 21.9 Å². The molecule has 1 heterocycles. The first kappa shape index (κ1) is 28.7. The summed E-state index contributed by atoms with van der Waals surface area (Å²) in [6.45, 7) is 0. The average Bonchev–Trinajstić information content (AvgIpc) is 3.60. The fourth-order valence-electron chi connectivity index (χ4n) is 9.43. The molecule has 0 fully saturated rings. The monoisotopic (exact) mass is 670 g/mol. The Morgan fingerprint density at radius 1 is 0.264 bits per heavy atom. The van der Waals surface area contributed by atoms with Crippen molar-refractivity contribution in [3.05, 3.63) is 182 Å². The van der Waals surface area contributed by atoms with Gasteiger partial charge in [-0.05, 0) is 105 Å². The minimum absolute atomic E-state index is 0.909. The second-order valence-corrected chi connectivity index (χ2v) is 14.3. The largest absolute Gasteiger partial charge is 0.455 e. The van der Waals surface area contributed by atoms with Gasteiger partial charge in [0.15, 0.2) is 0 Å². The summed E-state index contributed by atoms with van der Waals surface area (Å²) in [6.07, 6.45) is 0. The maximum absolute atomic E-state index is 6.84. The fourth-order valence-corrected chi connectivity index (χ4v) is 9.43. The number of hydrogen-bond acceptors (Lipinski definition) is 1. The van der Waals surface area contributed by atoms with Gasteiger partial charge in [-0.3, -0.25) is 0 Å². The van der Waals surface area contributed by atoms with Crippen LogP contribution in [0, 0.1) is 0 Å². The van der Waals surface area contributed by atoms with E-state index in [1.807, 2.05) is 0 Å². The number of benzene rings is 11. The van der Waals surface area contributed by atoms with E-state index in [2.05, 4.69) is 182 Å². The van der Waals surface area contributed by atoms with Crippen LogP contribution in [0.1, 0.15) is 0 Å². The molecule has 0 saturated carbocycles. The first-order valence-corrected chi connectivity index (χ1v) is 18.4. The van der Waals surface area contributed by atoms with Crippen molar-refractivity contribution in [2.24, 2.45) is 0 Å². The molecule has 0 bridgehead atoms. The van der Waals surface area contributed by atoms with E-state index in [1.165, 1.54) is 92.1 Å². The number of para-hydroxylation sites is 1. The van der Waals surface area contributed by atoms with Gasteiger partial charge in [0.1, 0.15) is 11.2 Å². The number of fused-ring (bicyclic) bond motifs is 14. The van der Waals surface area contributed by atoms with Crippen LogP contribution in [0.4, 0.5) is 0 Å². The van der Waals surface area contributed by atoms with Crippen LogP contribution in [0.15, 0.2) is 186 Å². The van der Waals surface area contributed by atoms with E-state index >= 15 is 0 Å². The molecule has 0 N–H and O–H groups in total. The third kappa shape index (κ3) is 3.91. The van der Waals surface area contributed by atoms with Crippen LogP contribution in [0.2, 0.25) is 0 Å². The van der Waals surface area contributed by atoms with Gasteiger partial charge < -0.3 is 4.42 Å². The molecule has 0 aliphatic carbocycles. The lowest BCUT2D eigenvalue weighted by Crippen LogP contribution is -1.94. The standard InChI is InChI=1S/C52H30O/c1-2-16-32-31(15-1)29-46-37-21-13-14-28-47(37)53-52(46)51(32)50-42-26-11-9-24-40(42)49(41-25-10-12-27-43(41)50)45-30-44-35-19-4-3-17-33(35)34-18-5-7-22-38(34)48(44)39-23-8-6-20-36(39)45/h1-30H. The molecule has 11 aromatic carbocycles. The highest BCUT2D eigenvalue weighted by molar-refractivity contribution is 6.35. The van der Waals surface area contributed by atoms with Gasteiger partial charge in [0.2, 0.25) is 0 Å². The summed E-state index contributed by atoms with van der Waals surface area (Å²) in [4.78, 5) is 0. The van der Waals surface area contributed by atoms with Crippen molar-refractivity contribution in [1.82, 2.24) is 0 Å². The molecule has 12 rings (SSSR count). The molecule has 1 nitrogen and oxygen atoms in total. The molecule has 244 valence electrons. The molecule has 53 heavy (non-hydrogen) atoms. The third-order valence-corrected chi connectivity index (χ3v) is 11.6. The fraction of sp³-hybridized carbons (Fsp3) is 0. The second-order valence-electron chi connectivity index (χ2n) is 14.3. The number of furan rings is 1. The zero-order valence-electron chi connectivity index (χ0n) is 28.7. The zero-order chi connectivity index (χ0) is 34.6. The first-order valence-electron chi connectivity index (χ1n) is 18.4. The Labute approximate surface area is 304 Å². The average molecular weight is 671 g/mol. The SMILES string of the molecule is c1ccc2c(-c3c4ccccc4c(-c4cc5c6ccccc6c6ccccc6c5c5ccccc45)c4ccccc34)c3oc4ccccc4c3cc2c1. The van der Waals surface area contributed by atoms with E-state index in [1.54, 1.807) is 0 Å². The van der Waals surface area contributed by atoms with E-state index in [-0.39, 0.29) is 0 Å². The van der Waals surface area contributed by atoms with Crippen molar-refractivity contribution >= 4 is 97.3 Å². The van der Waals surface area contributed by atoms with E-state index in [0.29, 0.717) is 0 Å². The van der Waals surface area contributed by atoms with E-state index in [4.69, 9.17) is 4.42 Å². The summed E-state index contributed by atoms with van der Waals surface area (Å²) < 4.78 is 6.84. The summed E-state index contributed by atoms with van der Waals surface area (Å²) in [5, 5.41) is 19.8. The Hall–Kier alpha value is -6.96. The predicted molar refractivity (Wildman–Crippen MR) is 227 cm³/mol. The Morgan fingerprint density at radius 3 is 1.34 bits per heavy atom. The van der Waals surface area contributed by atoms with Crippen molar-refractivity contribution in [3.63, 3.8) is 0 Å². The second kappa shape index (κ2) is 10.8. The summed E-state index contributed by atoms with van der Waals surface area (Å²) in [6, 6.07) is 66.8. The van der Waals surface area contributed by atoms with Gasteiger partial charge in [0.25, 0.3) is 0 Å². The molecule has 1 aromatic heterocycles. The van der Waals surface area contributed by atoms with Crippen LogP contribution >= 0.6 is 0 Å². The number of hydrogen-bond donors (Lipinski definition) is 0. The highest BCUT2D eigenvalue weighted by atomic mass is 16.3. The molecule has 0 radical (unpaired) electrons. The van der Waals surface area contributed by atoms with Gasteiger partial charge in [-0.15, -0.1) is 0 Å². The van der Waals surface area contributed by atoms with E-state index in [0.717, 1.165) is 27.5 Å². The lowest BCUT2D eigenvalue weighted by molar-refractivity contribution is 0.670. The van der Waals surface area contributed by atoms with Crippen LogP contribution in [0.25, 0.3) is 120 Å². The normalized spacial score (nSPS) is 12.2. The zero-order valence-corrected chi connectivity index (χ0v) is 28.7. The Morgan fingerprint density at radius 2 is 0.698 bits per heavy atom. The maximum Gasteiger partial charge on any atom is 0.143 e. The van der Waals surface area contributed by atoms with Crippen LogP contribution in [-0.4, -0.2) is 0 Å². The van der Waals surface area contributed by atoms with Crippen molar-refractivity contribution in [2.75, 3.05) is 0 Å². The molecular weight excluding hydrogens is 641 g/mol. The lowest BCUT2D eigenvalue weighted by atomic mass is 9.81. The summed E-state index contributed by atoms with van der Waals surface area (Å²) in [5.41, 5.74) is 6.71. The van der Waals surface area contributed by atoms with Gasteiger partial charge in [-0.2, -0.15) is 0 Å². The van der Waals surface area contributed by atoms with Gasteiger partial charge in [-0.25, -0.2) is 0 Å². The highest BCUT2D eigenvalue weighted by Gasteiger charge is 2.24. The molecule has 0 unspecified atom stereocenters. The Balaban J connectivity index is 1.30. The first-order chi connectivity index (χ1) is 26.3. The van der Waals surface area contributed by atoms with Crippen LogP contribution in [0.3, 0.4) is 0 Å². The van der Waals surface area contributed by atoms with E-state index in [9.17, 15) is 0 Å². The van der Waals surface area contributed by atoms with Crippen LogP contribution in [-0.2, 0) is 0 Å². The minimum Gasteiger partial charge on any atom is -0.455 e. The van der Waals surface area contributed by atoms with Crippen molar-refractivity contribution in [2.45, 2.75) is 0 Å². The summed E-state index contributed by atoms with van der Waals surface area (Å²) >= 11 is 0. The third-order valence-electron chi connectivity index (χ3n) is 11.6. The maximum atomic E-state index is 6.84. The van der Waals surface area contributed by atoms with Crippen molar-refractivity contribution in [1.29, 1.82) is 0 Å². The number of rotatable bonds is 2. The molecule has 0 atom stereocenters. The predicted octanol–water partition coefficient (Wildman–Crippen LogP) is 15.0. The molecule has 0 aliphatic heterocycles. The Bertz CT molecular complexity index is 3450. The molecular formula is C52H30O. The molecule has 0 aliphatic rings. The summed E-state index contributed by atoms with van der Waals surface area (Å²) in [5.74, 6) is 0. The minimum atomic E-state index is 0.909. The van der Waals surface area contributed by atoms with Crippen LogP contribution < -0.4 is 0 Å². The van der Waals surface area contributed by atoms with Crippen molar-refractivity contribution in [3.8, 4) is 22.3 Å². The smallest absolute Gasteiger partial charge is 0.143 e. The van der Waals surface area contributed by atoms with Gasteiger partial charge >= 0.3 is 0 Å². The molecule has 0 spiro atoms. The topological polar surface area (TPSA) is 13.1 Å². The van der Waals surface area contributed by atoms with Crippen molar-refractivity contribution < 1.29 is 4.42 Å². The summed E-state index contributed by atoms with van der Waals surface area (Å²) in [7, 11) is 0. The molecule has 0 amide bonds. The molecule has 1 heteroatoms. The lowest BCUT2D eigenvalue weighted by Gasteiger charge is -2.21.